The van der Waals surface area contributed by atoms with Gasteiger partial charge in [-0.1, -0.05) is 66.2 Å². The average Bonchev–Trinajstić information content (AvgIpc) is 3.01. The van der Waals surface area contributed by atoms with E-state index >= 15 is 0 Å². The predicted molar refractivity (Wildman–Crippen MR) is 171 cm³/mol. The first-order valence-electron chi connectivity index (χ1n) is 14.4. The fourth-order valence-corrected chi connectivity index (χ4v) is 5.44. The normalized spacial score (nSPS) is 13.8. The van der Waals surface area contributed by atoms with Gasteiger partial charge < -0.3 is 19.3 Å². The molecule has 4 aromatic carbocycles. The number of anilines is 1. The number of piperazine rings is 1. The SMILES string of the molecule is COC(=O)c1ccc(N2CCN(Cc3ccccc3-c3ccc(Cl)cc3)CC2)cc1Oc1ccccc1CCN(C)C. The predicted octanol–water partition coefficient (Wildman–Crippen LogP) is 7.01. The third-order valence-electron chi connectivity index (χ3n) is 7.70. The number of methoxy groups -OCH3 is 1. The Morgan fingerprint density at radius 2 is 1.52 bits per heavy atom. The van der Waals surface area contributed by atoms with Crippen molar-refractivity contribution in [2.45, 2.75) is 13.0 Å². The maximum atomic E-state index is 12.6. The van der Waals surface area contributed by atoms with Crippen molar-refractivity contribution in [3.05, 3.63) is 113 Å². The molecule has 0 aromatic heterocycles. The molecule has 0 aliphatic carbocycles. The largest absolute Gasteiger partial charge is 0.465 e. The van der Waals surface area contributed by atoms with E-state index in [2.05, 4.69) is 71.3 Å². The second kappa shape index (κ2) is 13.9. The first-order valence-corrected chi connectivity index (χ1v) is 14.7. The Bertz CT molecular complexity index is 1500. The summed E-state index contributed by atoms with van der Waals surface area (Å²) in [6, 6.07) is 30.4. The first kappa shape index (κ1) is 29.6. The van der Waals surface area contributed by atoms with Crippen LogP contribution in [0.5, 0.6) is 11.5 Å². The molecule has 1 aliphatic heterocycles. The fraction of sp³-hybridized carbons (Fsp3) is 0.286. The number of rotatable bonds is 10. The minimum Gasteiger partial charge on any atom is -0.465 e. The molecule has 0 atom stereocenters. The van der Waals surface area contributed by atoms with Crippen LogP contribution in [0.15, 0.2) is 91.0 Å². The molecule has 7 heteroatoms. The highest BCUT2D eigenvalue weighted by molar-refractivity contribution is 6.30. The summed E-state index contributed by atoms with van der Waals surface area (Å²) in [6.45, 7) is 5.39. The molecule has 0 spiro atoms. The number of carbonyl (C=O) groups excluding carboxylic acids is 1. The van der Waals surface area contributed by atoms with Crippen LogP contribution < -0.4 is 9.64 Å². The smallest absolute Gasteiger partial charge is 0.341 e. The van der Waals surface area contributed by atoms with Crippen molar-refractivity contribution in [2.24, 2.45) is 0 Å². The van der Waals surface area contributed by atoms with Gasteiger partial charge in [0.2, 0.25) is 0 Å². The van der Waals surface area contributed by atoms with Crippen LogP contribution in [0.25, 0.3) is 11.1 Å². The molecule has 1 saturated heterocycles. The molecule has 1 heterocycles. The number of halogens is 1. The van der Waals surface area contributed by atoms with E-state index in [4.69, 9.17) is 21.1 Å². The van der Waals surface area contributed by atoms with Crippen LogP contribution in [0.4, 0.5) is 5.69 Å². The zero-order valence-corrected chi connectivity index (χ0v) is 25.3. The number of benzene rings is 4. The molecule has 218 valence electrons. The van der Waals surface area contributed by atoms with Gasteiger partial charge in [0, 0.05) is 56.0 Å². The van der Waals surface area contributed by atoms with Crippen LogP contribution >= 0.6 is 11.6 Å². The van der Waals surface area contributed by atoms with E-state index < -0.39 is 5.97 Å². The molecule has 1 fully saturated rings. The highest BCUT2D eigenvalue weighted by atomic mass is 35.5. The van der Waals surface area contributed by atoms with Crippen molar-refractivity contribution in [1.82, 2.24) is 9.80 Å². The summed E-state index contributed by atoms with van der Waals surface area (Å²) in [5.74, 6) is 0.855. The zero-order chi connectivity index (χ0) is 29.5. The first-order chi connectivity index (χ1) is 20.4. The highest BCUT2D eigenvalue weighted by Crippen LogP contribution is 2.33. The monoisotopic (exact) mass is 583 g/mol. The Balaban J connectivity index is 1.30. The number of hydrogen-bond acceptors (Lipinski definition) is 6. The Morgan fingerprint density at radius 3 is 2.24 bits per heavy atom. The zero-order valence-electron chi connectivity index (χ0n) is 24.6. The maximum Gasteiger partial charge on any atom is 0.341 e. The number of hydrogen-bond donors (Lipinski definition) is 0. The number of likely N-dealkylation sites (N-methyl/N-ethyl adjacent to an activating group) is 1. The van der Waals surface area contributed by atoms with Gasteiger partial charge in [-0.3, -0.25) is 4.90 Å². The van der Waals surface area contributed by atoms with Crippen molar-refractivity contribution in [3.63, 3.8) is 0 Å². The molecule has 0 bridgehead atoms. The van der Waals surface area contributed by atoms with Crippen LogP contribution in [0.3, 0.4) is 0 Å². The van der Waals surface area contributed by atoms with Gasteiger partial charge in [-0.25, -0.2) is 4.79 Å². The Morgan fingerprint density at radius 1 is 0.833 bits per heavy atom. The number of carbonyl (C=O) groups is 1. The summed E-state index contributed by atoms with van der Waals surface area (Å²) < 4.78 is 11.5. The van der Waals surface area contributed by atoms with Gasteiger partial charge in [0.25, 0.3) is 0 Å². The number of nitrogens with zero attached hydrogens (tertiary/aromatic N) is 3. The van der Waals surface area contributed by atoms with Gasteiger partial charge in [-0.05, 0) is 73.1 Å². The summed E-state index contributed by atoms with van der Waals surface area (Å²) >= 11 is 6.13. The lowest BCUT2D eigenvalue weighted by molar-refractivity contribution is 0.0598. The number of ether oxygens (including phenoxy) is 2. The Hall–Kier alpha value is -3.84. The number of esters is 1. The van der Waals surface area contributed by atoms with Crippen LogP contribution in [0.2, 0.25) is 5.02 Å². The van der Waals surface area contributed by atoms with E-state index in [1.54, 1.807) is 0 Å². The van der Waals surface area contributed by atoms with Gasteiger partial charge in [-0.2, -0.15) is 0 Å². The maximum absolute atomic E-state index is 12.6. The van der Waals surface area contributed by atoms with Crippen LogP contribution in [-0.4, -0.2) is 69.7 Å². The van der Waals surface area contributed by atoms with E-state index in [0.717, 1.165) is 67.7 Å². The van der Waals surface area contributed by atoms with Crippen molar-refractivity contribution in [2.75, 3.05) is 58.8 Å². The van der Waals surface area contributed by atoms with Gasteiger partial charge in [0.1, 0.15) is 17.1 Å². The minimum absolute atomic E-state index is 0.411. The molecule has 0 saturated carbocycles. The second-order valence-electron chi connectivity index (χ2n) is 10.9. The van der Waals surface area contributed by atoms with Crippen LogP contribution in [0.1, 0.15) is 21.5 Å². The van der Waals surface area contributed by atoms with Crippen molar-refractivity contribution >= 4 is 23.3 Å². The second-order valence-corrected chi connectivity index (χ2v) is 11.3. The van der Waals surface area contributed by atoms with Crippen molar-refractivity contribution in [3.8, 4) is 22.6 Å². The summed E-state index contributed by atoms with van der Waals surface area (Å²) in [5.41, 5.74) is 6.27. The lowest BCUT2D eigenvalue weighted by Crippen LogP contribution is -2.46. The third kappa shape index (κ3) is 7.32. The van der Waals surface area contributed by atoms with E-state index in [9.17, 15) is 4.79 Å². The van der Waals surface area contributed by atoms with E-state index in [0.29, 0.717) is 11.3 Å². The molecule has 5 rings (SSSR count). The minimum atomic E-state index is -0.411. The molecule has 4 aromatic rings. The molecular weight excluding hydrogens is 546 g/mol. The van der Waals surface area contributed by atoms with Crippen molar-refractivity contribution in [1.29, 1.82) is 0 Å². The molecule has 0 radical (unpaired) electrons. The Kier molecular flexibility index (Phi) is 9.80. The van der Waals surface area contributed by atoms with Crippen LogP contribution in [-0.2, 0) is 17.7 Å². The summed E-state index contributed by atoms with van der Waals surface area (Å²) in [5, 5.41) is 0.745. The number of para-hydroxylation sites is 1. The van der Waals surface area contributed by atoms with E-state index in [1.165, 1.54) is 23.8 Å². The molecule has 42 heavy (non-hydrogen) atoms. The van der Waals surface area contributed by atoms with Gasteiger partial charge in [-0.15, -0.1) is 0 Å². The lowest BCUT2D eigenvalue weighted by Gasteiger charge is -2.36. The Labute approximate surface area is 254 Å². The van der Waals surface area contributed by atoms with E-state index in [-0.39, 0.29) is 0 Å². The summed E-state index contributed by atoms with van der Waals surface area (Å²) in [7, 11) is 5.51. The molecule has 0 amide bonds. The average molecular weight is 584 g/mol. The molecule has 1 aliphatic rings. The molecular formula is C35H38ClN3O3. The lowest BCUT2D eigenvalue weighted by atomic mass is 9.99. The highest BCUT2D eigenvalue weighted by Gasteiger charge is 2.22. The van der Waals surface area contributed by atoms with Gasteiger partial charge in [0.15, 0.2) is 0 Å². The van der Waals surface area contributed by atoms with Gasteiger partial charge in [0.05, 0.1) is 7.11 Å². The third-order valence-corrected chi connectivity index (χ3v) is 7.95. The van der Waals surface area contributed by atoms with Crippen LogP contribution in [0, 0.1) is 0 Å². The molecule has 0 N–H and O–H groups in total. The van der Waals surface area contributed by atoms with Crippen molar-refractivity contribution < 1.29 is 14.3 Å². The summed E-state index contributed by atoms with van der Waals surface area (Å²) in [4.78, 5) is 19.6. The molecule has 6 nitrogen and oxygen atoms in total. The quantitative estimate of drug-likeness (QED) is 0.187. The summed E-state index contributed by atoms with van der Waals surface area (Å²) in [6.07, 6.45) is 0.847. The van der Waals surface area contributed by atoms with Gasteiger partial charge >= 0.3 is 5.97 Å². The topological polar surface area (TPSA) is 45.3 Å². The van der Waals surface area contributed by atoms with E-state index in [1.807, 2.05) is 48.5 Å². The standard InChI is InChI=1S/C35H38ClN3O3/c1-37(2)19-18-27-8-5-7-11-33(27)42-34-24-30(16-17-32(34)35(40)41-3)39-22-20-38(21-23-39)25-28-9-4-6-10-31(28)26-12-14-29(36)15-13-26/h4-17,24H,18-23,25H2,1-3H3. The molecule has 0 unspecified atom stereocenters. The fourth-order valence-electron chi connectivity index (χ4n) is 5.32.